The fourth-order valence-electron chi connectivity index (χ4n) is 2.55. The Morgan fingerprint density at radius 2 is 2.00 bits per heavy atom. The number of halogens is 2. The van der Waals surface area contributed by atoms with Crippen LogP contribution in [0.25, 0.3) is 11.0 Å². The molecule has 0 aliphatic heterocycles. The van der Waals surface area contributed by atoms with Crippen molar-refractivity contribution in [3.63, 3.8) is 0 Å². The summed E-state index contributed by atoms with van der Waals surface area (Å²) < 4.78 is 36.4. The van der Waals surface area contributed by atoms with Gasteiger partial charge in [0.1, 0.15) is 18.2 Å². The van der Waals surface area contributed by atoms with Crippen molar-refractivity contribution in [1.29, 1.82) is 0 Å². The molecule has 0 bridgehead atoms. The van der Waals surface area contributed by atoms with Crippen molar-refractivity contribution in [2.45, 2.75) is 13.2 Å². The number of H-pyrrole nitrogens is 1. The van der Waals surface area contributed by atoms with Gasteiger partial charge in [-0.15, -0.1) is 0 Å². The largest absolute Gasteiger partial charge is 0.485 e. The fourth-order valence-corrected chi connectivity index (χ4v) is 2.55. The summed E-state index contributed by atoms with van der Waals surface area (Å²) in [6.07, 6.45) is 0. The van der Waals surface area contributed by atoms with Gasteiger partial charge in [-0.25, -0.2) is 13.8 Å². The monoisotopic (exact) mass is 384 g/mol. The molecule has 2 aromatic heterocycles. The minimum absolute atomic E-state index is 0.0694. The minimum atomic E-state index is -1.01. The first-order valence-corrected chi connectivity index (χ1v) is 8.34. The van der Waals surface area contributed by atoms with Crippen molar-refractivity contribution < 1.29 is 22.8 Å². The zero-order chi connectivity index (χ0) is 19.5. The molecule has 0 atom stereocenters. The molecular weight excluding hydrogens is 370 g/mol. The van der Waals surface area contributed by atoms with Crippen LogP contribution in [-0.4, -0.2) is 21.0 Å². The zero-order valence-corrected chi connectivity index (χ0v) is 14.4. The summed E-state index contributed by atoms with van der Waals surface area (Å²) in [6, 6.07) is 12.1. The SMILES string of the molecule is O=C(NCc1nc2ccccc2[nH]1)c1cc(COc2ccc(F)c(F)c2)on1. The summed E-state index contributed by atoms with van der Waals surface area (Å²) in [7, 11) is 0. The van der Waals surface area contributed by atoms with Crippen molar-refractivity contribution in [3.8, 4) is 5.75 Å². The lowest BCUT2D eigenvalue weighted by Gasteiger charge is -2.03. The number of carbonyl (C=O) groups is 1. The van der Waals surface area contributed by atoms with E-state index in [1.807, 2.05) is 24.3 Å². The number of amides is 1. The van der Waals surface area contributed by atoms with Gasteiger partial charge < -0.3 is 19.6 Å². The van der Waals surface area contributed by atoms with Gasteiger partial charge in [0.25, 0.3) is 5.91 Å². The first-order valence-electron chi connectivity index (χ1n) is 8.34. The molecule has 0 aliphatic carbocycles. The highest BCUT2D eigenvalue weighted by molar-refractivity contribution is 5.92. The Labute approximate surface area is 157 Å². The zero-order valence-electron chi connectivity index (χ0n) is 14.4. The normalized spacial score (nSPS) is 10.9. The van der Waals surface area contributed by atoms with Crippen LogP contribution < -0.4 is 10.1 Å². The Balaban J connectivity index is 1.33. The Morgan fingerprint density at radius 1 is 1.14 bits per heavy atom. The second kappa shape index (κ2) is 7.47. The molecule has 0 fully saturated rings. The van der Waals surface area contributed by atoms with E-state index in [0.717, 1.165) is 23.2 Å². The lowest BCUT2D eigenvalue weighted by atomic mass is 10.3. The summed E-state index contributed by atoms with van der Waals surface area (Å²) in [5.74, 6) is -1.41. The number of hydrogen-bond acceptors (Lipinski definition) is 5. The third-order valence-corrected chi connectivity index (χ3v) is 3.92. The Kier molecular flexibility index (Phi) is 4.71. The Morgan fingerprint density at radius 3 is 2.82 bits per heavy atom. The fraction of sp³-hybridized carbons (Fsp3) is 0.105. The molecule has 142 valence electrons. The van der Waals surface area contributed by atoms with E-state index in [-0.39, 0.29) is 30.4 Å². The third kappa shape index (κ3) is 3.83. The molecule has 2 heterocycles. The van der Waals surface area contributed by atoms with E-state index in [4.69, 9.17) is 9.26 Å². The van der Waals surface area contributed by atoms with E-state index >= 15 is 0 Å². The van der Waals surface area contributed by atoms with Crippen LogP contribution in [0.4, 0.5) is 8.78 Å². The number of fused-ring (bicyclic) bond motifs is 1. The molecule has 0 saturated heterocycles. The van der Waals surface area contributed by atoms with E-state index < -0.39 is 17.5 Å². The van der Waals surface area contributed by atoms with Gasteiger partial charge in [-0.05, 0) is 24.3 Å². The number of aromatic amines is 1. The van der Waals surface area contributed by atoms with Crippen LogP contribution in [-0.2, 0) is 13.2 Å². The number of benzene rings is 2. The standard InChI is InChI=1S/C19H14F2N4O3/c20-13-6-5-11(7-14(13)21)27-10-12-8-17(25-28-12)19(26)22-9-18-23-15-3-1-2-4-16(15)24-18/h1-8H,9-10H2,(H,22,26)(H,23,24). The quantitative estimate of drug-likeness (QED) is 0.532. The number of ether oxygens (including phenoxy) is 1. The van der Waals surface area contributed by atoms with Crippen LogP contribution in [0, 0.1) is 11.6 Å². The highest BCUT2D eigenvalue weighted by atomic mass is 19.2. The average Bonchev–Trinajstić information content (AvgIpc) is 3.33. The van der Waals surface area contributed by atoms with Gasteiger partial charge in [-0.1, -0.05) is 17.3 Å². The second-order valence-corrected chi connectivity index (χ2v) is 5.93. The summed E-state index contributed by atoms with van der Waals surface area (Å²) >= 11 is 0. The maximum absolute atomic E-state index is 13.2. The van der Waals surface area contributed by atoms with Crippen LogP contribution in [0.1, 0.15) is 22.1 Å². The topological polar surface area (TPSA) is 93.0 Å². The molecule has 2 aromatic carbocycles. The highest BCUT2D eigenvalue weighted by Crippen LogP contribution is 2.17. The Hall–Kier alpha value is -3.75. The number of carbonyl (C=O) groups excluding carboxylic acids is 1. The Bertz CT molecular complexity index is 1110. The molecule has 1 amide bonds. The van der Waals surface area contributed by atoms with Crippen molar-refractivity contribution in [2.24, 2.45) is 0 Å². The van der Waals surface area contributed by atoms with Crippen molar-refractivity contribution in [3.05, 3.63) is 77.4 Å². The lowest BCUT2D eigenvalue weighted by molar-refractivity contribution is 0.0940. The molecule has 4 rings (SSSR count). The van der Waals surface area contributed by atoms with Gasteiger partial charge in [-0.2, -0.15) is 0 Å². The summed E-state index contributed by atoms with van der Waals surface area (Å²) in [5, 5.41) is 6.37. The van der Waals surface area contributed by atoms with E-state index in [1.54, 1.807) is 0 Å². The number of imidazole rings is 1. The highest BCUT2D eigenvalue weighted by Gasteiger charge is 2.14. The van der Waals surface area contributed by atoms with Gasteiger partial charge >= 0.3 is 0 Å². The molecule has 4 aromatic rings. The van der Waals surface area contributed by atoms with Crippen LogP contribution in [0.15, 0.2) is 53.1 Å². The van der Waals surface area contributed by atoms with Gasteiger partial charge in [0.05, 0.1) is 17.6 Å². The van der Waals surface area contributed by atoms with Gasteiger partial charge in [-0.3, -0.25) is 4.79 Å². The van der Waals surface area contributed by atoms with Crippen molar-refractivity contribution in [2.75, 3.05) is 0 Å². The van der Waals surface area contributed by atoms with E-state index in [1.165, 1.54) is 12.1 Å². The molecule has 0 spiro atoms. The molecule has 2 N–H and O–H groups in total. The maximum Gasteiger partial charge on any atom is 0.273 e. The third-order valence-electron chi connectivity index (χ3n) is 3.92. The van der Waals surface area contributed by atoms with Crippen molar-refractivity contribution in [1.82, 2.24) is 20.4 Å². The van der Waals surface area contributed by atoms with Gasteiger partial charge in [0.2, 0.25) is 0 Å². The van der Waals surface area contributed by atoms with E-state index in [0.29, 0.717) is 5.82 Å². The number of nitrogens with one attached hydrogen (secondary N) is 2. The number of para-hydroxylation sites is 2. The maximum atomic E-state index is 13.2. The number of aromatic nitrogens is 3. The molecule has 9 heteroatoms. The molecule has 0 aliphatic rings. The van der Waals surface area contributed by atoms with Crippen LogP contribution in [0.2, 0.25) is 0 Å². The summed E-state index contributed by atoms with van der Waals surface area (Å²) in [6.45, 7) is 0.107. The molecule has 7 nitrogen and oxygen atoms in total. The summed E-state index contributed by atoms with van der Waals surface area (Å²) in [5.41, 5.74) is 1.76. The molecular formula is C19H14F2N4O3. The molecule has 0 saturated carbocycles. The first kappa shape index (κ1) is 17.7. The predicted molar refractivity (Wildman–Crippen MR) is 94.5 cm³/mol. The average molecular weight is 384 g/mol. The summed E-state index contributed by atoms with van der Waals surface area (Å²) in [4.78, 5) is 19.7. The predicted octanol–water partition coefficient (Wildman–Crippen LogP) is 3.34. The van der Waals surface area contributed by atoms with E-state index in [9.17, 15) is 13.6 Å². The van der Waals surface area contributed by atoms with Gasteiger partial charge in [0.15, 0.2) is 23.1 Å². The smallest absolute Gasteiger partial charge is 0.273 e. The lowest BCUT2D eigenvalue weighted by Crippen LogP contribution is -2.23. The second-order valence-electron chi connectivity index (χ2n) is 5.93. The number of hydrogen-bond donors (Lipinski definition) is 2. The first-order chi connectivity index (χ1) is 13.6. The van der Waals surface area contributed by atoms with Crippen molar-refractivity contribution >= 4 is 16.9 Å². The van der Waals surface area contributed by atoms with Gasteiger partial charge in [0, 0.05) is 12.1 Å². The van der Waals surface area contributed by atoms with E-state index in [2.05, 4.69) is 20.4 Å². The van der Waals surface area contributed by atoms with Crippen LogP contribution >= 0.6 is 0 Å². The molecule has 0 unspecified atom stereocenters. The number of nitrogens with zero attached hydrogens (tertiary/aromatic N) is 2. The number of rotatable bonds is 6. The minimum Gasteiger partial charge on any atom is -0.485 e. The molecule has 28 heavy (non-hydrogen) atoms. The van der Waals surface area contributed by atoms with Crippen LogP contribution in [0.3, 0.4) is 0 Å². The molecule has 0 radical (unpaired) electrons. The van der Waals surface area contributed by atoms with Crippen LogP contribution in [0.5, 0.6) is 5.75 Å².